The number of rotatable bonds is 7. The quantitative estimate of drug-likeness (QED) is 0.761. The molecule has 2 aromatic carbocycles. The molecule has 1 unspecified atom stereocenters. The van der Waals surface area contributed by atoms with Gasteiger partial charge < -0.3 is 5.32 Å². The van der Waals surface area contributed by atoms with Crippen LogP contribution in [0.3, 0.4) is 0 Å². The zero-order valence-electron chi connectivity index (χ0n) is 14.8. The van der Waals surface area contributed by atoms with E-state index in [4.69, 9.17) is 0 Å². The molecule has 1 fully saturated rings. The van der Waals surface area contributed by atoms with Crippen LogP contribution in [0.25, 0.3) is 0 Å². The molecule has 0 saturated carbocycles. The van der Waals surface area contributed by atoms with Gasteiger partial charge in [0.25, 0.3) is 0 Å². The monoisotopic (exact) mass is 354 g/mol. The van der Waals surface area contributed by atoms with Crippen molar-refractivity contribution in [3.63, 3.8) is 0 Å². The molecule has 1 amide bonds. The fourth-order valence-electron chi connectivity index (χ4n) is 3.05. The van der Waals surface area contributed by atoms with Gasteiger partial charge >= 0.3 is 0 Å². The maximum atomic E-state index is 12.3. The Bertz CT molecular complexity index is 666. The molecule has 1 aliphatic heterocycles. The minimum Gasteiger partial charge on any atom is -0.351 e. The minimum atomic E-state index is -0.100. The van der Waals surface area contributed by atoms with Gasteiger partial charge in [-0.25, -0.2) is 0 Å². The minimum absolute atomic E-state index is 0.0787. The van der Waals surface area contributed by atoms with Crippen LogP contribution in [-0.4, -0.2) is 29.1 Å². The second-order valence-electron chi connectivity index (χ2n) is 6.59. The van der Waals surface area contributed by atoms with E-state index in [0.717, 1.165) is 17.0 Å². The topological polar surface area (TPSA) is 32.3 Å². The van der Waals surface area contributed by atoms with Crippen LogP contribution in [0.5, 0.6) is 0 Å². The van der Waals surface area contributed by atoms with Crippen LogP contribution in [0.15, 0.2) is 59.5 Å². The van der Waals surface area contributed by atoms with Crippen molar-refractivity contribution < 1.29 is 4.79 Å². The third kappa shape index (κ3) is 5.62. The molecule has 1 aliphatic rings. The Hall–Kier alpha value is -1.78. The number of carbonyl (C=O) groups is 1. The summed E-state index contributed by atoms with van der Waals surface area (Å²) in [6.45, 7) is 6.01. The predicted octanol–water partition coefficient (Wildman–Crippen LogP) is 4.08. The first-order valence-electron chi connectivity index (χ1n) is 9.00. The largest absolute Gasteiger partial charge is 0.351 e. The van der Waals surface area contributed by atoms with Gasteiger partial charge in [0.1, 0.15) is 0 Å². The van der Waals surface area contributed by atoms with Crippen LogP contribution in [0, 0.1) is 0 Å². The highest BCUT2D eigenvalue weighted by Crippen LogP contribution is 2.22. The lowest BCUT2D eigenvalue weighted by molar-refractivity contribution is -0.120. The van der Waals surface area contributed by atoms with Gasteiger partial charge in [0.05, 0.1) is 5.25 Å². The van der Waals surface area contributed by atoms with Gasteiger partial charge in [0.2, 0.25) is 5.91 Å². The van der Waals surface area contributed by atoms with E-state index in [-0.39, 0.29) is 11.2 Å². The average molecular weight is 355 g/mol. The van der Waals surface area contributed by atoms with E-state index in [9.17, 15) is 4.79 Å². The van der Waals surface area contributed by atoms with Crippen LogP contribution in [0.4, 0.5) is 0 Å². The van der Waals surface area contributed by atoms with Crippen LogP contribution >= 0.6 is 11.8 Å². The molecule has 1 atom stereocenters. The van der Waals surface area contributed by atoms with E-state index in [0.29, 0.717) is 6.54 Å². The second kappa shape index (κ2) is 9.07. The number of thioether (sulfide) groups is 1. The number of amides is 1. The van der Waals surface area contributed by atoms with Gasteiger partial charge in [0, 0.05) is 18.0 Å². The van der Waals surface area contributed by atoms with Crippen LogP contribution in [-0.2, 0) is 17.9 Å². The number of hydrogen-bond donors (Lipinski definition) is 1. The highest BCUT2D eigenvalue weighted by molar-refractivity contribution is 8.00. The van der Waals surface area contributed by atoms with E-state index in [1.165, 1.54) is 31.5 Å². The summed E-state index contributed by atoms with van der Waals surface area (Å²) in [5.41, 5.74) is 2.50. The van der Waals surface area contributed by atoms with Crippen LogP contribution in [0.1, 0.15) is 30.9 Å². The van der Waals surface area contributed by atoms with Gasteiger partial charge in [-0.2, -0.15) is 0 Å². The Kier molecular flexibility index (Phi) is 6.54. The maximum Gasteiger partial charge on any atom is 0.233 e. The molecule has 1 heterocycles. The van der Waals surface area contributed by atoms with Crippen molar-refractivity contribution in [3.05, 3.63) is 65.7 Å². The SMILES string of the molecule is CC(Sc1ccccc1)C(=O)NCc1ccc(CN2CCCC2)cc1. The highest BCUT2D eigenvalue weighted by atomic mass is 32.2. The smallest absolute Gasteiger partial charge is 0.233 e. The molecule has 132 valence electrons. The van der Waals surface area contributed by atoms with Gasteiger partial charge in [-0.05, 0) is 56.1 Å². The number of likely N-dealkylation sites (tertiary alicyclic amines) is 1. The fraction of sp³-hybridized carbons (Fsp3) is 0.381. The number of nitrogens with zero attached hydrogens (tertiary/aromatic N) is 1. The summed E-state index contributed by atoms with van der Waals surface area (Å²) in [4.78, 5) is 15.9. The van der Waals surface area contributed by atoms with Crippen molar-refractivity contribution in [1.29, 1.82) is 0 Å². The number of hydrogen-bond acceptors (Lipinski definition) is 3. The van der Waals surface area contributed by atoms with E-state index in [2.05, 4.69) is 34.5 Å². The molecule has 1 saturated heterocycles. The van der Waals surface area contributed by atoms with E-state index >= 15 is 0 Å². The van der Waals surface area contributed by atoms with Gasteiger partial charge in [-0.15, -0.1) is 11.8 Å². The van der Waals surface area contributed by atoms with Crippen molar-refractivity contribution in [2.24, 2.45) is 0 Å². The molecule has 3 nitrogen and oxygen atoms in total. The molecule has 0 bridgehead atoms. The van der Waals surface area contributed by atoms with Crippen molar-refractivity contribution in [1.82, 2.24) is 10.2 Å². The summed E-state index contributed by atoms with van der Waals surface area (Å²) in [5, 5.41) is 2.94. The summed E-state index contributed by atoms with van der Waals surface area (Å²) in [6.07, 6.45) is 2.65. The Labute approximate surface area is 154 Å². The van der Waals surface area contributed by atoms with Crippen molar-refractivity contribution in [2.45, 2.75) is 43.0 Å². The molecule has 2 aromatic rings. The lowest BCUT2D eigenvalue weighted by Gasteiger charge is -2.15. The Morgan fingerprint density at radius 3 is 2.36 bits per heavy atom. The Morgan fingerprint density at radius 2 is 1.68 bits per heavy atom. The third-order valence-electron chi connectivity index (χ3n) is 4.52. The molecular formula is C21H26N2OS. The molecule has 3 rings (SSSR count). The highest BCUT2D eigenvalue weighted by Gasteiger charge is 2.14. The predicted molar refractivity (Wildman–Crippen MR) is 105 cm³/mol. The summed E-state index contributed by atoms with van der Waals surface area (Å²) in [7, 11) is 0. The fourth-order valence-corrected chi connectivity index (χ4v) is 3.96. The van der Waals surface area contributed by atoms with Crippen molar-refractivity contribution in [3.8, 4) is 0 Å². The van der Waals surface area contributed by atoms with Crippen LogP contribution in [0.2, 0.25) is 0 Å². The molecule has 0 radical (unpaired) electrons. The molecule has 4 heteroatoms. The first kappa shape index (κ1) is 18.0. The zero-order chi connectivity index (χ0) is 17.5. The summed E-state index contributed by atoms with van der Waals surface area (Å²) in [5.74, 6) is 0.0787. The molecule has 1 N–H and O–H groups in total. The summed E-state index contributed by atoms with van der Waals surface area (Å²) < 4.78 is 0. The molecule has 0 spiro atoms. The molecule has 25 heavy (non-hydrogen) atoms. The van der Waals surface area contributed by atoms with Crippen LogP contribution < -0.4 is 5.32 Å². The first-order valence-corrected chi connectivity index (χ1v) is 9.88. The molecule has 0 aromatic heterocycles. The summed E-state index contributed by atoms with van der Waals surface area (Å²) in [6, 6.07) is 18.7. The molecule has 0 aliphatic carbocycles. The lowest BCUT2D eigenvalue weighted by Crippen LogP contribution is -2.30. The first-order chi connectivity index (χ1) is 12.2. The van der Waals surface area contributed by atoms with Gasteiger partial charge in [0.15, 0.2) is 0 Å². The number of carbonyl (C=O) groups excluding carboxylic acids is 1. The Morgan fingerprint density at radius 1 is 1.04 bits per heavy atom. The standard InChI is InChI=1S/C21H26N2OS/c1-17(25-20-7-3-2-4-8-20)21(24)22-15-18-9-11-19(12-10-18)16-23-13-5-6-14-23/h2-4,7-12,17H,5-6,13-16H2,1H3,(H,22,24). The average Bonchev–Trinajstić information content (AvgIpc) is 3.14. The van der Waals surface area contributed by atoms with Gasteiger partial charge in [-0.3, -0.25) is 9.69 Å². The van der Waals surface area contributed by atoms with Crippen molar-refractivity contribution >= 4 is 17.7 Å². The van der Waals surface area contributed by atoms with E-state index in [1.54, 1.807) is 11.8 Å². The lowest BCUT2D eigenvalue weighted by atomic mass is 10.1. The van der Waals surface area contributed by atoms with E-state index < -0.39 is 0 Å². The Balaban J connectivity index is 1.45. The zero-order valence-corrected chi connectivity index (χ0v) is 15.6. The number of nitrogens with one attached hydrogen (secondary N) is 1. The molecular weight excluding hydrogens is 328 g/mol. The van der Waals surface area contributed by atoms with E-state index in [1.807, 2.05) is 37.3 Å². The normalized spacial score (nSPS) is 15.9. The third-order valence-corrected chi connectivity index (χ3v) is 5.63. The second-order valence-corrected chi connectivity index (χ2v) is 8.00. The summed E-state index contributed by atoms with van der Waals surface area (Å²) >= 11 is 1.59. The maximum absolute atomic E-state index is 12.3. The number of benzene rings is 2. The van der Waals surface area contributed by atoms with Gasteiger partial charge in [-0.1, -0.05) is 42.5 Å². The van der Waals surface area contributed by atoms with Crippen molar-refractivity contribution in [2.75, 3.05) is 13.1 Å².